The number of ether oxygens (including phenoxy) is 1. The second-order valence-electron chi connectivity index (χ2n) is 4.26. The first-order chi connectivity index (χ1) is 9.58. The molecule has 0 atom stereocenters. The first kappa shape index (κ1) is 14.4. The third-order valence-electron chi connectivity index (χ3n) is 2.71. The van der Waals surface area contributed by atoms with Crippen LogP contribution in [0.15, 0.2) is 28.9 Å². The summed E-state index contributed by atoms with van der Waals surface area (Å²) in [5.41, 5.74) is 1.41. The fraction of sp³-hybridized carbons (Fsp3) is 0.286. The van der Waals surface area contributed by atoms with Crippen LogP contribution in [0.2, 0.25) is 5.02 Å². The summed E-state index contributed by atoms with van der Waals surface area (Å²) < 4.78 is 10.1. The third-order valence-corrected chi connectivity index (χ3v) is 3.01. The summed E-state index contributed by atoms with van der Waals surface area (Å²) in [4.78, 5) is 16.0. The van der Waals surface area contributed by atoms with E-state index in [1.165, 1.54) is 0 Å². The van der Waals surface area contributed by atoms with Gasteiger partial charge in [-0.05, 0) is 18.2 Å². The SMILES string of the molecule is COc1ccc(NC(=O)CCc2coc(C)n2)cc1Cl. The van der Waals surface area contributed by atoms with Gasteiger partial charge in [0.2, 0.25) is 5.91 Å². The molecular formula is C14H15ClN2O3. The minimum Gasteiger partial charge on any atom is -0.495 e. The highest BCUT2D eigenvalue weighted by atomic mass is 35.5. The zero-order chi connectivity index (χ0) is 14.5. The summed E-state index contributed by atoms with van der Waals surface area (Å²) in [7, 11) is 1.54. The number of rotatable bonds is 5. The number of oxazole rings is 1. The largest absolute Gasteiger partial charge is 0.495 e. The fourth-order valence-corrected chi connectivity index (χ4v) is 1.99. The molecule has 1 N–H and O–H groups in total. The van der Waals surface area contributed by atoms with Crippen LogP contribution in [-0.2, 0) is 11.2 Å². The molecule has 0 saturated heterocycles. The van der Waals surface area contributed by atoms with Crippen LogP contribution in [0.4, 0.5) is 5.69 Å². The lowest BCUT2D eigenvalue weighted by Gasteiger charge is -2.07. The van der Waals surface area contributed by atoms with E-state index in [-0.39, 0.29) is 5.91 Å². The summed E-state index contributed by atoms with van der Waals surface area (Å²) in [6, 6.07) is 5.10. The number of hydrogen-bond donors (Lipinski definition) is 1. The Balaban J connectivity index is 1.89. The van der Waals surface area contributed by atoms with E-state index in [2.05, 4.69) is 10.3 Å². The lowest BCUT2D eigenvalue weighted by molar-refractivity contribution is -0.116. The molecule has 0 saturated carbocycles. The van der Waals surface area contributed by atoms with Crippen LogP contribution >= 0.6 is 11.6 Å². The topological polar surface area (TPSA) is 64.4 Å². The molecule has 2 rings (SSSR count). The molecule has 20 heavy (non-hydrogen) atoms. The number of nitrogens with zero attached hydrogens (tertiary/aromatic N) is 1. The van der Waals surface area contributed by atoms with E-state index in [0.717, 1.165) is 5.69 Å². The van der Waals surface area contributed by atoms with E-state index in [1.54, 1.807) is 38.5 Å². The van der Waals surface area contributed by atoms with Crippen molar-refractivity contribution in [2.24, 2.45) is 0 Å². The lowest BCUT2D eigenvalue weighted by atomic mass is 10.2. The van der Waals surface area contributed by atoms with E-state index < -0.39 is 0 Å². The second-order valence-corrected chi connectivity index (χ2v) is 4.66. The number of methoxy groups -OCH3 is 1. The number of halogens is 1. The molecule has 0 spiro atoms. The second kappa shape index (κ2) is 6.43. The van der Waals surface area contributed by atoms with Crippen LogP contribution in [0.1, 0.15) is 18.0 Å². The van der Waals surface area contributed by atoms with Crippen molar-refractivity contribution < 1.29 is 13.9 Å². The highest BCUT2D eigenvalue weighted by molar-refractivity contribution is 6.32. The highest BCUT2D eigenvalue weighted by Gasteiger charge is 2.07. The van der Waals surface area contributed by atoms with Crippen LogP contribution in [0.5, 0.6) is 5.75 Å². The summed E-state index contributed by atoms with van der Waals surface area (Å²) in [5.74, 6) is 1.07. The molecule has 1 amide bonds. The summed E-state index contributed by atoms with van der Waals surface area (Å²) >= 11 is 5.99. The van der Waals surface area contributed by atoms with Crippen LogP contribution in [0.3, 0.4) is 0 Å². The minimum atomic E-state index is -0.105. The molecule has 106 valence electrons. The Bertz CT molecular complexity index is 610. The van der Waals surface area contributed by atoms with E-state index in [9.17, 15) is 4.79 Å². The maximum absolute atomic E-state index is 11.8. The van der Waals surface area contributed by atoms with Crippen LogP contribution in [0, 0.1) is 6.92 Å². The van der Waals surface area contributed by atoms with Crippen molar-refractivity contribution in [2.75, 3.05) is 12.4 Å². The number of amides is 1. The van der Waals surface area contributed by atoms with E-state index in [0.29, 0.717) is 35.2 Å². The van der Waals surface area contributed by atoms with Gasteiger partial charge in [-0.2, -0.15) is 0 Å². The number of hydrogen-bond acceptors (Lipinski definition) is 4. The van der Waals surface area contributed by atoms with Gasteiger partial charge in [0.05, 0.1) is 17.8 Å². The Labute approximate surface area is 121 Å². The molecule has 5 nitrogen and oxygen atoms in total. The molecule has 0 fully saturated rings. The summed E-state index contributed by atoms with van der Waals surface area (Å²) in [6.07, 6.45) is 2.43. The number of benzene rings is 1. The third kappa shape index (κ3) is 3.74. The van der Waals surface area contributed by atoms with Crippen molar-refractivity contribution in [3.63, 3.8) is 0 Å². The lowest BCUT2D eigenvalue weighted by Crippen LogP contribution is -2.12. The molecular weight excluding hydrogens is 280 g/mol. The predicted octanol–water partition coefficient (Wildman–Crippen LogP) is 3.22. The molecule has 0 aliphatic heterocycles. The highest BCUT2D eigenvalue weighted by Crippen LogP contribution is 2.27. The van der Waals surface area contributed by atoms with Crippen LogP contribution < -0.4 is 10.1 Å². The number of aryl methyl sites for hydroxylation is 2. The quantitative estimate of drug-likeness (QED) is 0.919. The van der Waals surface area contributed by atoms with Crippen molar-refractivity contribution in [2.45, 2.75) is 19.8 Å². The average Bonchev–Trinajstić information content (AvgIpc) is 2.82. The molecule has 0 aliphatic carbocycles. The van der Waals surface area contributed by atoms with Gasteiger partial charge in [0.25, 0.3) is 0 Å². The van der Waals surface area contributed by atoms with Crippen LogP contribution in [-0.4, -0.2) is 18.0 Å². The molecule has 1 heterocycles. The first-order valence-electron chi connectivity index (χ1n) is 6.13. The van der Waals surface area contributed by atoms with Gasteiger partial charge in [0, 0.05) is 25.5 Å². The predicted molar refractivity (Wildman–Crippen MR) is 76.2 cm³/mol. The smallest absolute Gasteiger partial charge is 0.224 e. The zero-order valence-electron chi connectivity index (χ0n) is 11.3. The number of anilines is 1. The molecule has 0 unspecified atom stereocenters. The molecule has 1 aromatic carbocycles. The molecule has 6 heteroatoms. The van der Waals surface area contributed by atoms with E-state index in [1.807, 2.05) is 0 Å². The number of carbonyl (C=O) groups is 1. The maximum Gasteiger partial charge on any atom is 0.224 e. The molecule has 1 aromatic heterocycles. The van der Waals surface area contributed by atoms with Crippen molar-refractivity contribution in [1.29, 1.82) is 0 Å². The number of carbonyl (C=O) groups excluding carboxylic acids is 1. The Hall–Kier alpha value is -2.01. The van der Waals surface area contributed by atoms with Gasteiger partial charge in [-0.1, -0.05) is 11.6 Å². The van der Waals surface area contributed by atoms with Gasteiger partial charge >= 0.3 is 0 Å². The summed E-state index contributed by atoms with van der Waals surface area (Å²) in [5, 5.41) is 3.23. The first-order valence-corrected chi connectivity index (χ1v) is 6.50. The van der Waals surface area contributed by atoms with E-state index >= 15 is 0 Å². The Morgan fingerprint density at radius 3 is 2.90 bits per heavy atom. The zero-order valence-corrected chi connectivity index (χ0v) is 12.0. The van der Waals surface area contributed by atoms with Gasteiger partial charge < -0.3 is 14.5 Å². The fourth-order valence-electron chi connectivity index (χ4n) is 1.73. The van der Waals surface area contributed by atoms with Gasteiger partial charge in [-0.15, -0.1) is 0 Å². The molecule has 0 aliphatic rings. The van der Waals surface area contributed by atoms with E-state index in [4.69, 9.17) is 20.8 Å². The van der Waals surface area contributed by atoms with Crippen molar-refractivity contribution in [3.05, 3.63) is 41.1 Å². The van der Waals surface area contributed by atoms with Crippen LogP contribution in [0.25, 0.3) is 0 Å². The average molecular weight is 295 g/mol. The van der Waals surface area contributed by atoms with Gasteiger partial charge in [-0.25, -0.2) is 4.98 Å². The Morgan fingerprint density at radius 1 is 1.50 bits per heavy atom. The van der Waals surface area contributed by atoms with Gasteiger partial charge in [0.15, 0.2) is 5.89 Å². The standard InChI is InChI=1S/C14H15ClN2O3/c1-9-16-11(8-20-9)4-6-14(18)17-10-3-5-13(19-2)12(15)7-10/h3,5,7-8H,4,6H2,1-2H3,(H,17,18). The minimum absolute atomic E-state index is 0.105. The Kier molecular flexibility index (Phi) is 4.63. The van der Waals surface area contributed by atoms with Crippen molar-refractivity contribution in [3.8, 4) is 5.75 Å². The monoisotopic (exact) mass is 294 g/mol. The maximum atomic E-state index is 11.8. The molecule has 0 radical (unpaired) electrons. The molecule has 2 aromatic rings. The van der Waals surface area contributed by atoms with Crippen molar-refractivity contribution in [1.82, 2.24) is 4.98 Å². The number of nitrogens with one attached hydrogen (secondary N) is 1. The number of aromatic nitrogens is 1. The summed E-state index contributed by atoms with van der Waals surface area (Å²) in [6.45, 7) is 1.77. The van der Waals surface area contributed by atoms with Gasteiger partial charge in [0.1, 0.15) is 12.0 Å². The molecule has 0 bridgehead atoms. The van der Waals surface area contributed by atoms with Crippen molar-refractivity contribution >= 4 is 23.2 Å². The van der Waals surface area contributed by atoms with Gasteiger partial charge in [-0.3, -0.25) is 4.79 Å². The Morgan fingerprint density at radius 2 is 2.30 bits per heavy atom. The normalized spacial score (nSPS) is 10.3.